The van der Waals surface area contributed by atoms with Crippen LogP contribution in [0.15, 0.2) is 219 Å². The largest absolute Gasteiger partial charge is 0.310 e. The molecule has 0 saturated heterocycles. The fraction of sp³-hybridized carbons (Fsp3) is 0. The number of hydrogen-bond acceptors (Lipinski definition) is 2. The molecule has 7 aromatic carbocycles. The maximum absolute atomic E-state index is 2.45. The molecule has 0 spiro atoms. The maximum atomic E-state index is 2.45. The Morgan fingerprint density at radius 3 is 1.68 bits per heavy atom. The number of para-hydroxylation sites is 2. The minimum Gasteiger partial charge on any atom is -0.310 e. The minimum atomic E-state index is 1.07. The van der Waals surface area contributed by atoms with Gasteiger partial charge in [0.25, 0.3) is 0 Å². The summed E-state index contributed by atoms with van der Waals surface area (Å²) < 4.78 is 9.43. The van der Waals surface area contributed by atoms with Gasteiger partial charge in [-0.2, -0.15) is 9.13 Å². The molecule has 0 aliphatic carbocycles. The SMILES string of the molecule is c1ccc(-c2ccc(N(c3cc[n+](-c4ccccc4)cc3)c3cc[n+](-c4ccc5c(c4)c4ccccc4n5-c4cccc5c4sc4ccccc45)cc3)cc2)cc1. The van der Waals surface area contributed by atoms with E-state index in [0.29, 0.717) is 0 Å². The molecule has 0 aliphatic heterocycles. The van der Waals surface area contributed by atoms with Crippen LogP contribution >= 0.6 is 11.3 Å². The molecule has 0 aliphatic rings. The second-order valence-corrected chi connectivity index (χ2v) is 15.4. The molecular weight excluding hydrogens is 713 g/mol. The summed E-state index contributed by atoms with van der Waals surface area (Å²) in [5, 5.41) is 5.09. The monoisotopic (exact) mass is 748 g/mol. The van der Waals surface area contributed by atoms with Crippen molar-refractivity contribution in [3.8, 4) is 28.2 Å². The van der Waals surface area contributed by atoms with Gasteiger partial charge in [0, 0.05) is 80.5 Å². The zero-order chi connectivity index (χ0) is 37.7. The molecule has 5 heteroatoms. The van der Waals surface area contributed by atoms with Crippen molar-refractivity contribution < 1.29 is 9.13 Å². The number of hydrogen-bond donors (Lipinski definition) is 0. The number of benzene rings is 7. The number of anilines is 3. The molecule has 11 rings (SSSR count). The number of pyridine rings is 2. The molecule has 0 atom stereocenters. The standard InChI is InChI=1S/C52H36N4S/c1-3-12-37(13-4-1)38-22-24-40(25-23-38)55(41-28-32-53(33-29-41)39-14-5-2-6-15-39)42-30-34-54(35-31-42)43-26-27-49-47(36-43)44-16-7-9-19-48(44)56(49)50-20-11-18-46-45-17-8-10-21-51(45)57-52(46)50/h1-36H/q+2. The van der Waals surface area contributed by atoms with Crippen LogP contribution in [0.4, 0.5) is 17.1 Å². The average Bonchev–Trinajstić information content (AvgIpc) is 3.84. The van der Waals surface area contributed by atoms with Crippen molar-refractivity contribution in [1.82, 2.24) is 4.57 Å². The van der Waals surface area contributed by atoms with Crippen LogP contribution in [0.5, 0.6) is 0 Å². The lowest BCUT2D eigenvalue weighted by molar-refractivity contribution is -0.595. The van der Waals surface area contributed by atoms with Gasteiger partial charge in [0.05, 0.1) is 32.8 Å². The van der Waals surface area contributed by atoms with Crippen molar-refractivity contribution in [3.63, 3.8) is 0 Å². The molecule has 268 valence electrons. The third kappa shape index (κ3) is 5.76. The smallest absolute Gasteiger partial charge is 0.211 e. The van der Waals surface area contributed by atoms with E-state index in [1.165, 1.54) is 58.8 Å². The first kappa shape index (κ1) is 33.0. The van der Waals surface area contributed by atoms with E-state index >= 15 is 0 Å². The van der Waals surface area contributed by atoms with Crippen molar-refractivity contribution in [2.45, 2.75) is 0 Å². The first-order valence-corrected chi connectivity index (χ1v) is 20.1. The van der Waals surface area contributed by atoms with Crippen LogP contribution in [-0.2, 0) is 0 Å². The molecule has 4 heterocycles. The number of aromatic nitrogens is 3. The molecule has 4 nitrogen and oxygen atoms in total. The summed E-state index contributed by atoms with van der Waals surface area (Å²) in [5.74, 6) is 0. The summed E-state index contributed by atoms with van der Waals surface area (Å²) in [5.41, 5.74) is 11.5. The van der Waals surface area contributed by atoms with Crippen LogP contribution in [0.25, 0.3) is 70.2 Å². The van der Waals surface area contributed by atoms with Gasteiger partial charge in [0.2, 0.25) is 11.4 Å². The van der Waals surface area contributed by atoms with E-state index in [9.17, 15) is 0 Å². The molecule has 0 fully saturated rings. The molecule has 0 amide bonds. The minimum absolute atomic E-state index is 1.07. The lowest BCUT2D eigenvalue weighted by Gasteiger charge is -2.24. The van der Waals surface area contributed by atoms with Gasteiger partial charge in [-0.3, -0.25) is 0 Å². The van der Waals surface area contributed by atoms with Crippen LogP contribution in [0, 0.1) is 0 Å². The van der Waals surface area contributed by atoms with E-state index in [1.54, 1.807) is 0 Å². The Morgan fingerprint density at radius 2 is 0.947 bits per heavy atom. The molecular formula is C52H36N4S+2. The van der Waals surface area contributed by atoms with Gasteiger partial charge in [-0.15, -0.1) is 11.3 Å². The van der Waals surface area contributed by atoms with Crippen molar-refractivity contribution in [2.24, 2.45) is 0 Å². The van der Waals surface area contributed by atoms with Crippen LogP contribution in [0.2, 0.25) is 0 Å². The van der Waals surface area contributed by atoms with Gasteiger partial charge in [-0.1, -0.05) is 109 Å². The summed E-state index contributed by atoms with van der Waals surface area (Å²) >= 11 is 1.87. The fourth-order valence-corrected chi connectivity index (χ4v) is 9.46. The first-order valence-electron chi connectivity index (χ1n) is 19.2. The maximum Gasteiger partial charge on any atom is 0.211 e. The number of thiophene rings is 1. The highest BCUT2D eigenvalue weighted by atomic mass is 32.1. The Bertz CT molecular complexity index is 3120. The second-order valence-electron chi connectivity index (χ2n) is 14.3. The Balaban J connectivity index is 0.989. The Hall–Kier alpha value is -7.34. The number of rotatable bonds is 7. The Kier molecular flexibility index (Phi) is 7.97. The van der Waals surface area contributed by atoms with E-state index in [1.807, 2.05) is 17.4 Å². The van der Waals surface area contributed by atoms with Gasteiger partial charge in [0.15, 0.2) is 24.8 Å². The molecule has 4 aromatic heterocycles. The van der Waals surface area contributed by atoms with Gasteiger partial charge >= 0.3 is 0 Å². The Labute approximate surface area is 334 Å². The van der Waals surface area contributed by atoms with Gasteiger partial charge in [0.1, 0.15) is 0 Å². The summed E-state index contributed by atoms with van der Waals surface area (Å²) in [6.07, 6.45) is 8.61. The van der Waals surface area contributed by atoms with Gasteiger partial charge in [-0.05, 0) is 47.5 Å². The van der Waals surface area contributed by atoms with Crippen molar-refractivity contribution in [3.05, 3.63) is 219 Å². The number of nitrogens with zero attached hydrogens (tertiary/aromatic N) is 4. The molecule has 0 N–H and O–H groups in total. The molecule has 0 unspecified atom stereocenters. The van der Waals surface area contributed by atoms with Crippen LogP contribution in [-0.4, -0.2) is 4.57 Å². The zero-order valence-corrected chi connectivity index (χ0v) is 31.8. The van der Waals surface area contributed by atoms with Crippen LogP contribution in [0.3, 0.4) is 0 Å². The lowest BCUT2D eigenvalue weighted by atomic mass is 10.1. The van der Waals surface area contributed by atoms with Crippen molar-refractivity contribution in [2.75, 3.05) is 4.90 Å². The quantitative estimate of drug-likeness (QED) is 0.148. The zero-order valence-electron chi connectivity index (χ0n) is 31.0. The predicted octanol–water partition coefficient (Wildman–Crippen LogP) is 12.8. The molecule has 0 saturated carbocycles. The summed E-state index contributed by atoms with van der Waals surface area (Å²) in [4.78, 5) is 2.32. The Morgan fingerprint density at radius 1 is 0.386 bits per heavy atom. The third-order valence-corrected chi connectivity index (χ3v) is 12.2. The van der Waals surface area contributed by atoms with E-state index in [0.717, 1.165) is 28.4 Å². The number of fused-ring (bicyclic) bond motifs is 6. The second kappa shape index (κ2) is 13.7. The molecule has 11 aromatic rings. The summed E-state index contributed by atoms with van der Waals surface area (Å²) in [7, 11) is 0. The summed E-state index contributed by atoms with van der Waals surface area (Å²) in [6, 6.07) is 69.7. The molecule has 0 radical (unpaired) electrons. The lowest BCUT2D eigenvalue weighted by Crippen LogP contribution is -2.30. The first-order chi connectivity index (χ1) is 28.3. The average molecular weight is 749 g/mol. The van der Waals surface area contributed by atoms with Gasteiger partial charge < -0.3 is 9.47 Å². The normalized spacial score (nSPS) is 11.5. The highest BCUT2D eigenvalue weighted by molar-refractivity contribution is 7.26. The van der Waals surface area contributed by atoms with Crippen LogP contribution < -0.4 is 14.0 Å². The van der Waals surface area contributed by atoms with Crippen LogP contribution in [0.1, 0.15) is 0 Å². The summed E-state index contributed by atoms with van der Waals surface area (Å²) in [6.45, 7) is 0. The molecule has 57 heavy (non-hydrogen) atoms. The van der Waals surface area contributed by atoms with Gasteiger partial charge in [-0.25, -0.2) is 0 Å². The van der Waals surface area contributed by atoms with E-state index in [2.05, 4.69) is 231 Å². The van der Waals surface area contributed by atoms with Crippen molar-refractivity contribution in [1.29, 1.82) is 0 Å². The van der Waals surface area contributed by atoms with E-state index in [4.69, 9.17) is 0 Å². The highest BCUT2D eigenvalue weighted by Crippen LogP contribution is 2.41. The predicted molar refractivity (Wildman–Crippen MR) is 237 cm³/mol. The van der Waals surface area contributed by atoms with E-state index in [-0.39, 0.29) is 0 Å². The highest BCUT2D eigenvalue weighted by Gasteiger charge is 2.20. The molecule has 0 bridgehead atoms. The topological polar surface area (TPSA) is 15.9 Å². The third-order valence-electron chi connectivity index (χ3n) is 11.0. The fourth-order valence-electron chi connectivity index (χ4n) is 8.25. The van der Waals surface area contributed by atoms with Crippen molar-refractivity contribution >= 4 is 70.4 Å². The van der Waals surface area contributed by atoms with E-state index < -0.39 is 0 Å².